The highest BCUT2D eigenvalue weighted by Gasteiger charge is 2.15. The van der Waals surface area contributed by atoms with Gasteiger partial charge in [-0.05, 0) is 48.0 Å². The predicted molar refractivity (Wildman–Crippen MR) is 113 cm³/mol. The molecule has 0 amide bonds. The summed E-state index contributed by atoms with van der Waals surface area (Å²) in [5.74, 6) is 0. The Hall–Kier alpha value is -3.73. The quantitative estimate of drug-likeness (QED) is 0.481. The molecule has 0 fully saturated rings. The van der Waals surface area contributed by atoms with E-state index in [1.54, 1.807) is 18.6 Å². The minimum Gasteiger partial charge on any atom is -0.343 e. The average Bonchev–Trinajstić information content (AvgIpc) is 2.79. The highest BCUT2D eigenvalue weighted by Crippen LogP contribution is 2.31. The van der Waals surface area contributed by atoms with Crippen molar-refractivity contribution in [3.63, 3.8) is 0 Å². The normalized spacial score (nSPS) is 10.5. The van der Waals surface area contributed by atoms with Gasteiger partial charge < -0.3 is 9.80 Å². The summed E-state index contributed by atoms with van der Waals surface area (Å²) in [5, 5.41) is 0. The van der Waals surface area contributed by atoms with Gasteiger partial charge in [-0.15, -0.1) is 0 Å². The molecule has 0 spiro atoms. The van der Waals surface area contributed by atoms with E-state index < -0.39 is 0 Å². The molecule has 0 aliphatic carbocycles. The summed E-state index contributed by atoms with van der Waals surface area (Å²) in [6, 6.07) is 20.5. The fraction of sp³-hybridized carbons (Fsp3) is 0.0870. The van der Waals surface area contributed by atoms with Crippen LogP contribution in [0, 0.1) is 0 Å². The number of hydrogen-bond donors (Lipinski definition) is 0. The van der Waals surface area contributed by atoms with Gasteiger partial charge in [-0.1, -0.05) is 18.2 Å². The van der Waals surface area contributed by atoms with Crippen LogP contribution >= 0.6 is 0 Å². The topological polar surface area (TPSA) is 45.2 Å². The third kappa shape index (κ3) is 3.83. The van der Waals surface area contributed by atoms with E-state index in [0.717, 1.165) is 22.7 Å². The fourth-order valence-corrected chi connectivity index (χ4v) is 3.19. The monoisotopic (exact) mass is 367 g/mol. The van der Waals surface area contributed by atoms with E-state index >= 15 is 0 Å². The molecule has 5 nitrogen and oxygen atoms in total. The number of benzene rings is 1. The maximum absolute atomic E-state index is 4.30. The molecule has 0 bridgehead atoms. The van der Waals surface area contributed by atoms with E-state index in [0.29, 0.717) is 6.54 Å². The fourth-order valence-electron chi connectivity index (χ4n) is 3.19. The highest BCUT2D eigenvalue weighted by atomic mass is 15.2. The van der Waals surface area contributed by atoms with Crippen LogP contribution in [0.3, 0.4) is 0 Å². The molecule has 0 N–H and O–H groups in total. The summed E-state index contributed by atoms with van der Waals surface area (Å²) >= 11 is 0. The van der Waals surface area contributed by atoms with E-state index in [9.17, 15) is 0 Å². The number of anilines is 4. The van der Waals surface area contributed by atoms with Gasteiger partial charge in [0.05, 0.1) is 42.2 Å². The Morgan fingerprint density at radius 3 is 1.71 bits per heavy atom. The Balaban J connectivity index is 1.72. The third-order valence-corrected chi connectivity index (χ3v) is 4.63. The molecule has 1 aromatic carbocycles. The summed E-state index contributed by atoms with van der Waals surface area (Å²) in [5.41, 5.74) is 5.42. The average molecular weight is 367 g/mol. The van der Waals surface area contributed by atoms with Gasteiger partial charge in [-0.3, -0.25) is 15.0 Å². The largest absolute Gasteiger partial charge is 0.343 e. The van der Waals surface area contributed by atoms with Crippen molar-refractivity contribution < 1.29 is 0 Å². The standard InChI is InChI=1S/C23H21N5/c1-27(20-8-4-12-24-15-20)23-11-3-2-7-19(23)18-28(21-9-5-13-25-16-21)22-10-6-14-26-17-22/h2-17H,18H2,1H3. The Morgan fingerprint density at radius 1 is 0.643 bits per heavy atom. The predicted octanol–water partition coefficient (Wildman–Crippen LogP) is 4.98. The van der Waals surface area contributed by atoms with Crippen LogP contribution in [0.1, 0.15) is 5.56 Å². The lowest BCUT2D eigenvalue weighted by Crippen LogP contribution is -2.19. The molecule has 3 aromatic heterocycles. The SMILES string of the molecule is CN(c1cccnc1)c1ccccc1CN(c1cccnc1)c1cccnc1. The van der Waals surface area contributed by atoms with Crippen LogP contribution in [0.25, 0.3) is 0 Å². The zero-order chi connectivity index (χ0) is 19.2. The molecule has 0 aliphatic rings. The van der Waals surface area contributed by atoms with Gasteiger partial charge in [-0.2, -0.15) is 0 Å². The molecule has 0 unspecified atom stereocenters. The lowest BCUT2D eigenvalue weighted by Gasteiger charge is -2.28. The first kappa shape index (κ1) is 17.7. The Labute approximate surface area is 165 Å². The molecule has 28 heavy (non-hydrogen) atoms. The molecule has 0 atom stereocenters. The Morgan fingerprint density at radius 2 is 1.18 bits per heavy atom. The number of nitrogens with zero attached hydrogens (tertiary/aromatic N) is 5. The lowest BCUT2D eigenvalue weighted by atomic mass is 10.1. The van der Waals surface area contributed by atoms with Crippen LogP contribution in [-0.4, -0.2) is 22.0 Å². The van der Waals surface area contributed by atoms with E-state index in [2.05, 4.69) is 74.3 Å². The molecular weight excluding hydrogens is 346 g/mol. The second-order valence-electron chi connectivity index (χ2n) is 6.41. The smallest absolute Gasteiger partial charge is 0.0600 e. The molecule has 0 radical (unpaired) electrons. The summed E-state index contributed by atoms with van der Waals surface area (Å²) in [4.78, 5) is 17.2. The van der Waals surface area contributed by atoms with Crippen LogP contribution in [0.2, 0.25) is 0 Å². The Kier molecular flexibility index (Phi) is 5.24. The van der Waals surface area contributed by atoms with Crippen molar-refractivity contribution in [3.05, 3.63) is 103 Å². The maximum Gasteiger partial charge on any atom is 0.0600 e. The molecule has 3 heterocycles. The van der Waals surface area contributed by atoms with E-state index in [4.69, 9.17) is 0 Å². The summed E-state index contributed by atoms with van der Waals surface area (Å²) in [6.07, 6.45) is 11.0. The van der Waals surface area contributed by atoms with Gasteiger partial charge >= 0.3 is 0 Å². The van der Waals surface area contributed by atoms with Crippen molar-refractivity contribution in [2.24, 2.45) is 0 Å². The molecular formula is C23H21N5. The van der Waals surface area contributed by atoms with Gasteiger partial charge in [0.1, 0.15) is 0 Å². The van der Waals surface area contributed by atoms with Gasteiger partial charge in [0.25, 0.3) is 0 Å². The molecule has 5 heteroatoms. The molecule has 0 saturated heterocycles. The number of para-hydroxylation sites is 1. The molecule has 138 valence electrons. The van der Waals surface area contributed by atoms with Crippen LogP contribution in [0.5, 0.6) is 0 Å². The van der Waals surface area contributed by atoms with Gasteiger partial charge in [0, 0.05) is 31.3 Å². The first-order valence-electron chi connectivity index (χ1n) is 9.12. The van der Waals surface area contributed by atoms with Crippen LogP contribution in [-0.2, 0) is 6.54 Å². The third-order valence-electron chi connectivity index (χ3n) is 4.63. The van der Waals surface area contributed by atoms with E-state index in [1.807, 2.05) is 36.8 Å². The second-order valence-corrected chi connectivity index (χ2v) is 6.41. The van der Waals surface area contributed by atoms with Gasteiger partial charge in [-0.25, -0.2) is 0 Å². The van der Waals surface area contributed by atoms with Gasteiger partial charge in [0.2, 0.25) is 0 Å². The summed E-state index contributed by atoms with van der Waals surface area (Å²) in [7, 11) is 2.06. The summed E-state index contributed by atoms with van der Waals surface area (Å²) in [6.45, 7) is 0.693. The van der Waals surface area contributed by atoms with Crippen LogP contribution in [0.4, 0.5) is 22.7 Å². The van der Waals surface area contributed by atoms with E-state index in [-0.39, 0.29) is 0 Å². The van der Waals surface area contributed by atoms with Gasteiger partial charge in [0.15, 0.2) is 0 Å². The van der Waals surface area contributed by atoms with E-state index in [1.165, 1.54) is 5.56 Å². The number of pyridine rings is 3. The van der Waals surface area contributed by atoms with Crippen LogP contribution < -0.4 is 9.80 Å². The van der Waals surface area contributed by atoms with Crippen molar-refractivity contribution >= 4 is 22.7 Å². The Bertz CT molecular complexity index is 967. The molecule has 0 saturated carbocycles. The first-order valence-corrected chi connectivity index (χ1v) is 9.12. The van der Waals surface area contributed by atoms with Crippen LogP contribution in [0.15, 0.2) is 97.8 Å². The second kappa shape index (κ2) is 8.31. The summed E-state index contributed by atoms with van der Waals surface area (Å²) < 4.78 is 0. The molecule has 4 rings (SSSR count). The molecule has 0 aliphatic heterocycles. The van der Waals surface area contributed by atoms with Crippen molar-refractivity contribution in [2.45, 2.75) is 6.54 Å². The van der Waals surface area contributed by atoms with Crippen molar-refractivity contribution in [1.82, 2.24) is 15.0 Å². The first-order chi connectivity index (χ1) is 13.8. The molecule has 4 aromatic rings. The number of hydrogen-bond acceptors (Lipinski definition) is 5. The van der Waals surface area contributed by atoms with Crippen molar-refractivity contribution in [2.75, 3.05) is 16.8 Å². The maximum atomic E-state index is 4.30. The zero-order valence-electron chi connectivity index (χ0n) is 15.7. The van der Waals surface area contributed by atoms with Crippen molar-refractivity contribution in [1.29, 1.82) is 0 Å². The van der Waals surface area contributed by atoms with Crippen molar-refractivity contribution in [3.8, 4) is 0 Å². The number of rotatable bonds is 6. The minimum absolute atomic E-state index is 0.693. The lowest BCUT2D eigenvalue weighted by molar-refractivity contribution is 0.955. The minimum atomic E-state index is 0.693. The number of aromatic nitrogens is 3. The zero-order valence-corrected chi connectivity index (χ0v) is 15.7. The highest BCUT2D eigenvalue weighted by molar-refractivity contribution is 5.68.